The maximum atomic E-state index is 12.7. The third-order valence-corrected chi connectivity index (χ3v) is 4.70. The molecule has 0 bridgehead atoms. The number of nitrogens with zero attached hydrogens (tertiary/aromatic N) is 1. The van der Waals surface area contributed by atoms with E-state index in [-0.39, 0.29) is 18.1 Å². The number of nitrogens with one attached hydrogen (secondary N) is 1. The molecule has 0 aliphatic carbocycles. The fourth-order valence-corrected chi connectivity index (χ4v) is 3.43. The molecule has 5 nitrogen and oxygen atoms in total. The Bertz CT molecular complexity index is 750. The molecule has 1 saturated heterocycles. The summed E-state index contributed by atoms with van der Waals surface area (Å²) in [6.07, 6.45) is 0.163. The van der Waals surface area contributed by atoms with E-state index in [4.69, 9.17) is 9.47 Å². The molecule has 2 aromatic rings. The van der Waals surface area contributed by atoms with Gasteiger partial charge in [0, 0.05) is 31.7 Å². The van der Waals surface area contributed by atoms with Gasteiger partial charge in [-0.3, -0.25) is 4.79 Å². The number of hydrogen-bond acceptors (Lipinski definition) is 4. The number of rotatable bonds is 6. The molecule has 1 aliphatic heterocycles. The predicted molar refractivity (Wildman–Crippen MR) is 106 cm³/mol. The zero-order chi connectivity index (χ0) is 19.2. The van der Waals surface area contributed by atoms with E-state index in [1.165, 1.54) is 5.56 Å². The van der Waals surface area contributed by atoms with Crippen molar-refractivity contribution in [1.29, 1.82) is 0 Å². The normalized spacial score (nSPS) is 19.7. The van der Waals surface area contributed by atoms with Gasteiger partial charge in [0.05, 0.1) is 19.3 Å². The van der Waals surface area contributed by atoms with Gasteiger partial charge in [0.25, 0.3) is 5.91 Å². The molecule has 5 heteroatoms. The van der Waals surface area contributed by atoms with E-state index >= 15 is 0 Å². The number of benzene rings is 2. The van der Waals surface area contributed by atoms with Crippen LogP contribution in [0.1, 0.15) is 35.3 Å². The van der Waals surface area contributed by atoms with Crippen LogP contribution in [0.25, 0.3) is 0 Å². The summed E-state index contributed by atoms with van der Waals surface area (Å²) < 4.78 is 11.0. The SMILES string of the molecule is COc1cccc(CNCc2ccc(C(=O)N3C[C@H](C)O[C@@H](C)C3)cc2)c1. The molecule has 0 unspecified atom stereocenters. The Labute approximate surface area is 161 Å². The van der Waals surface area contributed by atoms with Gasteiger partial charge in [-0.1, -0.05) is 24.3 Å². The number of methoxy groups -OCH3 is 1. The van der Waals surface area contributed by atoms with Crippen LogP contribution in [0.4, 0.5) is 0 Å². The minimum Gasteiger partial charge on any atom is -0.497 e. The number of morpholine rings is 1. The van der Waals surface area contributed by atoms with E-state index in [2.05, 4.69) is 11.4 Å². The fourth-order valence-electron chi connectivity index (χ4n) is 3.43. The number of ether oxygens (including phenoxy) is 2. The summed E-state index contributed by atoms with van der Waals surface area (Å²) in [5.74, 6) is 0.941. The van der Waals surface area contributed by atoms with Gasteiger partial charge in [0.2, 0.25) is 0 Å². The van der Waals surface area contributed by atoms with Crippen LogP contribution in [-0.4, -0.2) is 43.2 Å². The molecule has 2 atom stereocenters. The highest BCUT2D eigenvalue weighted by molar-refractivity contribution is 5.94. The number of carbonyl (C=O) groups is 1. The van der Waals surface area contributed by atoms with Crippen molar-refractivity contribution in [2.24, 2.45) is 0 Å². The van der Waals surface area contributed by atoms with Crippen LogP contribution in [0.3, 0.4) is 0 Å². The van der Waals surface area contributed by atoms with Crippen LogP contribution in [0.2, 0.25) is 0 Å². The first kappa shape index (κ1) is 19.4. The van der Waals surface area contributed by atoms with E-state index in [9.17, 15) is 4.79 Å². The standard InChI is InChI=1S/C22H28N2O3/c1-16-14-24(15-17(2)27-16)22(25)20-9-7-18(8-10-20)12-23-13-19-5-4-6-21(11-19)26-3/h4-11,16-17,23H,12-15H2,1-3H3/t16-,17-/m0/s1. The zero-order valence-corrected chi connectivity index (χ0v) is 16.3. The molecular formula is C22H28N2O3. The Hall–Kier alpha value is -2.37. The Morgan fingerprint density at radius 1 is 1.07 bits per heavy atom. The average Bonchev–Trinajstić information content (AvgIpc) is 2.67. The minimum atomic E-state index is 0.0767. The summed E-state index contributed by atoms with van der Waals surface area (Å²) in [6, 6.07) is 15.9. The molecule has 1 amide bonds. The molecule has 0 spiro atoms. The average molecular weight is 368 g/mol. The maximum Gasteiger partial charge on any atom is 0.254 e. The highest BCUT2D eigenvalue weighted by Crippen LogP contribution is 2.15. The van der Waals surface area contributed by atoms with E-state index in [0.29, 0.717) is 13.1 Å². The molecule has 3 rings (SSSR count). The highest BCUT2D eigenvalue weighted by Gasteiger charge is 2.26. The smallest absolute Gasteiger partial charge is 0.254 e. The zero-order valence-electron chi connectivity index (χ0n) is 16.3. The van der Waals surface area contributed by atoms with Crippen LogP contribution in [-0.2, 0) is 17.8 Å². The van der Waals surface area contributed by atoms with Gasteiger partial charge in [-0.25, -0.2) is 0 Å². The van der Waals surface area contributed by atoms with Crippen molar-refractivity contribution < 1.29 is 14.3 Å². The van der Waals surface area contributed by atoms with E-state index < -0.39 is 0 Å². The van der Waals surface area contributed by atoms with Crippen LogP contribution < -0.4 is 10.1 Å². The second kappa shape index (κ2) is 9.02. The van der Waals surface area contributed by atoms with Crippen molar-refractivity contribution in [3.8, 4) is 5.75 Å². The second-order valence-electron chi connectivity index (χ2n) is 7.12. The minimum absolute atomic E-state index is 0.0767. The third-order valence-electron chi connectivity index (χ3n) is 4.70. The van der Waals surface area contributed by atoms with Crippen LogP contribution in [0.5, 0.6) is 5.75 Å². The lowest BCUT2D eigenvalue weighted by atomic mass is 10.1. The molecule has 1 heterocycles. The Morgan fingerprint density at radius 2 is 1.74 bits per heavy atom. The summed E-state index contributed by atoms with van der Waals surface area (Å²) >= 11 is 0. The predicted octanol–water partition coefficient (Wildman–Crippen LogP) is 3.23. The molecule has 0 saturated carbocycles. The first-order chi connectivity index (χ1) is 13.0. The van der Waals surface area contributed by atoms with Gasteiger partial charge in [-0.05, 0) is 49.2 Å². The van der Waals surface area contributed by atoms with Crippen molar-refractivity contribution in [3.63, 3.8) is 0 Å². The van der Waals surface area contributed by atoms with Crippen LogP contribution >= 0.6 is 0 Å². The van der Waals surface area contributed by atoms with Gasteiger partial charge >= 0.3 is 0 Å². The maximum absolute atomic E-state index is 12.7. The molecule has 0 aromatic heterocycles. The topological polar surface area (TPSA) is 50.8 Å². The van der Waals surface area contributed by atoms with Gasteiger partial charge in [-0.2, -0.15) is 0 Å². The molecule has 1 N–H and O–H groups in total. The van der Waals surface area contributed by atoms with Gasteiger partial charge in [0.15, 0.2) is 0 Å². The second-order valence-corrected chi connectivity index (χ2v) is 7.12. The Morgan fingerprint density at radius 3 is 2.41 bits per heavy atom. The van der Waals surface area contributed by atoms with Crippen molar-refractivity contribution in [2.75, 3.05) is 20.2 Å². The largest absolute Gasteiger partial charge is 0.497 e. The molecule has 1 fully saturated rings. The van der Waals surface area contributed by atoms with Gasteiger partial charge in [-0.15, -0.1) is 0 Å². The first-order valence-corrected chi connectivity index (χ1v) is 9.42. The molecule has 27 heavy (non-hydrogen) atoms. The summed E-state index contributed by atoms with van der Waals surface area (Å²) in [5, 5.41) is 3.43. The Kier molecular flexibility index (Phi) is 6.48. The summed E-state index contributed by atoms with van der Waals surface area (Å²) in [7, 11) is 1.67. The van der Waals surface area contributed by atoms with Crippen molar-refractivity contribution >= 4 is 5.91 Å². The lowest BCUT2D eigenvalue weighted by Gasteiger charge is -2.35. The van der Waals surface area contributed by atoms with Crippen molar-refractivity contribution in [3.05, 3.63) is 65.2 Å². The van der Waals surface area contributed by atoms with Crippen molar-refractivity contribution in [1.82, 2.24) is 10.2 Å². The molecule has 1 aliphatic rings. The van der Waals surface area contributed by atoms with Crippen molar-refractivity contribution in [2.45, 2.75) is 39.1 Å². The third kappa shape index (κ3) is 5.31. The molecule has 0 radical (unpaired) electrons. The van der Waals surface area contributed by atoms with E-state index in [0.717, 1.165) is 30.0 Å². The lowest BCUT2D eigenvalue weighted by Crippen LogP contribution is -2.48. The molecule has 144 valence electrons. The lowest BCUT2D eigenvalue weighted by molar-refractivity contribution is -0.0586. The number of amides is 1. The Balaban J connectivity index is 1.53. The fraction of sp³-hybridized carbons (Fsp3) is 0.409. The quantitative estimate of drug-likeness (QED) is 0.850. The summed E-state index contributed by atoms with van der Waals surface area (Å²) in [5.41, 5.74) is 3.06. The van der Waals surface area contributed by atoms with Gasteiger partial charge < -0.3 is 19.7 Å². The van der Waals surface area contributed by atoms with E-state index in [1.54, 1.807) is 7.11 Å². The summed E-state index contributed by atoms with van der Waals surface area (Å²) in [4.78, 5) is 14.6. The van der Waals surface area contributed by atoms with Crippen LogP contribution in [0.15, 0.2) is 48.5 Å². The van der Waals surface area contributed by atoms with E-state index in [1.807, 2.05) is 61.2 Å². The summed E-state index contributed by atoms with van der Waals surface area (Å²) in [6.45, 7) is 6.82. The van der Waals surface area contributed by atoms with Gasteiger partial charge in [0.1, 0.15) is 5.75 Å². The molecular weight excluding hydrogens is 340 g/mol. The first-order valence-electron chi connectivity index (χ1n) is 9.42. The number of carbonyl (C=O) groups excluding carboxylic acids is 1. The molecule has 2 aromatic carbocycles. The number of hydrogen-bond donors (Lipinski definition) is 1. The highest BCUT2D eigenvalue weighted by atomic mass is 16.5. The monoisotopic (exact) mass is 368 g/mol. The van der Waals surface area contributed by atoms with Crippen LogP contribution in [0, 0.1) is 0 Å².